The molecule has 1 amide bonds. The zero-order chi connectivity index (χ0) is 15.9. The molecule has 0 fully saturated rings. The molecule has 0 atom stereocenters. The second kappa shape index (κ2) is 8.11. The molecule has 0 spiro atoms. The molecule has 6 nitrogen and oxygen atoms in total. The van der Waals surface area contributed by atoms with E-state index in [0.29, 0.717) is 25.2 Å². The normalized spacial score (nSPS) is 11.6. The molecule has 118 valence electrons. The van der Waals surface area contributed by atoms with E-state index in [1.807, 2.05) is 25.9 Å². The van der Waals surface area contributed by atoms with E-state index >= 15 is 0 Å². The highest BCUT2D eigenvalue weighted by Crippen LogP contribution is 2.11. The summed E-state index contributed by atoms with van der Waals surface area (Å²) in [6.45, 7) is 3.45. The van der Waals surface area contributed by atoms with Gasteiger partial charge in [0.2, 0.25) is 10.0 Å². The molecule has 0 heterocycles. The molecule has 7 heteroatoms. The fourth-order valence-electron chi connectivity index (χ4n) is 1.63. The SMILES string of the molecule is CCCNC(=O)c1cccc(S(=O)(=O)NCCN(C)C)c1. The highest BCUT2D eigenvalue weighted by molar-refractivity contribution is 7.89. The van der Waals surface area contributed by atoms with Gasteiger partial charge in [0.25, 0.3) is 5.91 Å². The molecule has 0 aliphatic rings. The van der Waals surface area contributed by atoms with Gasteiger partial charge < -0.3 is 10.2 Å². The van der Waals surface area contributed by atoms with Crippen LogP contribution in [0.25, 0.3) is 0 Å². The summed E-state index contributed by atoms with van der Waals surface area (Å²) in [5.41, 5.74) is 0.346. The third kappa shape index (κ3) is 5.82. The Bertz CT molecular complexity index is 571. The van der Waals surface area contributed by atoms with Crippen LogP contribution in [0.4, 0.5) is 0 Å². The lowest BCUT2D eigenvalue weighted by atomic mass is 10.2. The molecule has 0 unspecified atom stereocenters. The molecule has 1 aromatic carbocycles. The van der Waals surface area contributed by atoms with Crippen molar-refractivity contribution >= 4 is 15.9 Å². The quantitative estimate of drug-likeness (QED) is 0.739. The van der Waals surface area contributed by atoms with E-state index in [0.717, 1.165) is 6.42 Å². The van der Waals surface area contributed by atoms with Gasteiger partial charge in [0.1, 0.15) is 0 Å². The second-order valence-corrected chi connectivity index (χ2v) is 6.75. The van der Waals surface area contributed by atoms with Crippen molar-refractivity contribution in [3.05, 3.63) is 29.8 Å². The minimum atomic E-state index is -3.59. The van der Waals surface area contributed by atoms with Crippen LogP contribution in [0.1, 0.15) is 23.7 Å². The Hall–Kier alpha value is -1.44. The van der Waals surface area contributed by atoms with Gasteiger partial charge >= 0.3 is 0 Å². The Morgan fingerprint density at radius 2 is 1.95 bits per heavy atom. The van der Waals surface area contributed by atoms with Gasteiger partial charge in [-0.15, -0.1) is 0 Å². The van der Waals surface area contributed by atoms with E-state index in [-0.39, 0.29) is 10.8 Å². The molecule has 0 saturated heterocycles. The first-order valence-electron chi connectivity index (χ1n) is 6.89. The fraction of sp³-hybridized carbons (Fsp3) is 0.500. The van der Waals surface area contributed by atoms with Gasteiger partial charge in [-0.2, -0.15) is 0 Å². The molecule has 2 N–H and O–H groups in total. The number of likely N-dealkylation sites (N-methyl/N-ethyl adjacent to an activating group) is 1. The van der Waals surface area contributed by atoms with Crippen molar-refractivity contribution in [2.45, 2.75) is 18.2 Å². The Balaban J connectivity index is 2.81. The second-order valence-electron chi connectivity index (χ2n) is 4.98. The van der Waals surface area contributed by atoms with Crippen LogP contribution in [0, 0.1) is 0 Å². The summed E-state index contributed by atoms with van der Waals surface area (Å²) in [7, 11) is 0.147. The summed E-state index contributed by atoms with van der Waals surface area (Å²) in [5, 5.41) is 2.72. The third-order valence-electron chi connectivity index (χ3n) is 2.79. The highest BCUT2D eigenvalue weighted by Gasteiger charge is 2.15. The molecule has 0 saturated carbocycles. The van der Waals surface area contributed by atoms with E-state index in [9.17, 15) is 13.2 Å². The number of nitrogens with zero attached hydrogens (tertiary/aromatic N) is 1. The van der Waals surface area contributed by atoms with Crippen molar-refractivity contribution in [3.8, 4) is 0 Å². The lowest BCUT2D eigenvalue weighted by Gasteiger charge is -2.11. The van der Waals surface area contributed by atoms with Gasteiger partial charge in [-0.05, 0) is 38.7 Å². The minimum Gasteiger partial charge on any atom is -0.352 e. The van der Waals surface area contributed by atoms with Gasteiger partial charge in [-0.1, -0.05) is 13.0 Å². The molecule has 0 aliphatic heterocycles. The Morgan fingerprint density at radius 1 is 1.24 bits per heavy atom. The van der Waals surface area contributed by atoms with Gasteiger partial charge in [-0.3, -0.25) is 4.79 Å². The smallest absolute Gasteiger partial charge is 0.251 e. The number of carbonyl (C=O) groups excluding carboxylic acids is 1. The first kappa shape index (κ1) is 17.6. The maximum Gasteiger partial charge on any atom is 0.251 e. The number of amides is 1. The summed E-state index contributed by atoms with van der Waals surface area (Å²) >= 11 is 0. The monoisotopic (exact) mass is 313 g/mol. The third-order valence-corrected chi connectivity index (χ3v) is 4.25. The van der Waals surface area contributed by atoms with Crippen molar-refractivity contribution in [3.63, 3.8) is 0 Å². The van der Waals surface area contributed by atoms with Crippen LogP contribution in [0.3, 0.4) is 0 Å². The number of carbonyl (C=O) groups is 1. The van der Waals surface area contributed by atoms with Crippen molar-refractivity contribution in [2.24, 2.45) is 0 Å². The van der Waals surface area contributed by atoms with Crippen LogP contribution < -0.4 is 10.0 Å². The van der Waals surface area contributed by atoms with Crippen LogP contribution in [-0.2, 0) is 10.0 Å². The zero-order valence-electron chi connectivity index (χ0n) is 12.7. The average Bonchev–Trinajstić information content (AvgIpc) is 2.44. The van der Waals surface area contributed by atoms with Crippen LogP contribution in [0.2, 0.25) is 0 Å². The van der Waals surface area contributed by atoms with E-state index in [1.165, 1.54) is 12.1 Å². The largest absolute Gasteiger partial charge is 0.352 e. The number of hydrogen-bond donors (Lipinski definition) is 2. The van der Waals surface area contributed by atoms with Gasteiger partial charge in [-0.25, -0.2) is 13.1 Å². The molecule has 0 radical (unpaired) electrons. The fourth-order valence-corrected chi connectivity index (χ4v) is 2.70. The van der Waals surface area contributed by atoms with Gasteiger partial charge in [0.05, 0.1) is 4.90 Å². The van der Waals surface area contributed by atoms with Crippen LogP contribution in [0.15, 0.2) is 29.2 Å². The number of benzene rings is 1. The first-order valence-corrected chi connectivity index (χ1v) is 8.38. The maximum absolute atomic E-state index is 12.1. The van der Waals surface area contributed by atoms with Gasteiger partial charge in [0, 0.05) is 25.2 Å². The van der Waals surface area contributed by atoms with E-state index in [2.05, 4.69) is 10.0 Å². The molecule has 0 aromatic heterocycles. The summed E-state index contributed by atoms with van der Waals surface area (Å²) in [6, 6.07) is 6.04. The zero-order valence-corrected chi connectivity index (χ0v) is 13.5. The van der Waals surface area contributed by atoms with Crippen molar-refractivity contribution in [1.82, 2.24) is 14.9 Å². The molecule has 0 aliphatic carbocycles. The van der Waals surface area contributed by atoms with E-state index < -0.39 is 10.0 Å². The standard InChI is InChI=1S/C14H23N3O3S/c1-4-8-15-14(18)12-6-5-7-13(11-12)21(19,20)16-9-10-17(2)3/h5-7,11,16H,4,8-10H2,1-3H3,(H,15,18). The average molecular weight is 313 g/mol. The first-order chi connectivity index (χ1) is 9.86. The molecule has 1 rings (SSSR count). The van der Waals surface area contributed by atoms with Crippen LogP contribution in [-0.4, -0.2) is 53.0 Å². The molecule has 21 heavy (non-hydrogen) atoms. The summed E-state index contributed by atoms with van der Waals surface area (Å²) < 4.78 is 26.8. The Kier molecular flexibility index (Phi) is 6.80. The Morgan fingerprint density at radius 3 is 2.57 bits per heavy atom. The number of nitrogens with one attached hydrogen (secondary N) is 2. The van der Waals surface area contributed by atoms with Crippen molar-refractivity contribution in [2.75, 3.05) is 33.7 Å². The summed E-state index contributed by atoms with van der Waals surface area (Å²) in [5.74, 6) is -0.262. The maximum atomic E-state index is 12.1. The molecule has 0 bridgehead atoms. The molecular formula is C14H23N3O3S. The van der Waals surface area contributed by atoms with Crippen molar-refractivity contribution < 1.29 is 13.2 Å². The van der Waals surface area contributed by atoms with Crippen molar-refractivity contribution in [1.29, 1.82) is 0 Å². The highest BCUT2D eigenvalue weighted by atomic mass is 32.2. The number of sulfonamides is 1. The molecule has 1 aromatic rings. The number of rotatable bonds is 8. The lowest BCUT2D eigenvalue weighted by Crippen LogP contribution is -2.31. The van der Waals surface area contributed by atoms with E-state index in [4.69, 9.17) is 0 Å². The lowest BCUT2D eigenvalue weighted by molar-refractivity contribution is 0.0953. The predicted octanol–water partition coefficient (Wildman–Crippen LogP) is 0.666. The van der Waals surface area contributed by atoms with E-state index in [1.54, 1.807) is 12.1 Å². The van der Waals surface area contributed by atoms with Gasteiger partial charge in [0.15, 0.2) is 0 Å². The Labute approximate surface area is 126 Å². The predicted molar refractivity (Wildman–Crippen MR) is 82.8 cm³/mol. The topological polar surface area (TPSA) is 78.5 Å². The molecular weight excluding hydrogens is 290 g/mol. The summed E-state index contributed by atoms with van der Waals surface area (Å²) in [6.07, 6.45) is 0.829. The number of hydrogen-bond acceptors (Lipinski definition) is 4. The van der Waals surface area contributed by atoms with Crippen LogP contribution in [0.5, 0.6) is 0 Å². The van der Waals surface area contributed by atoms with Crippen LogP contribution >= 0.6 is 0 Å². The minimum absolute atomic E-state index is 0.102. The summed E-state index contributed by atoms with van der Waals surface area (Å²) in [4.78, 5) is 13.8.